The van der Waals surface area contributed by atoms with Crippen LogP contribution in [-0.4, -0.2) is 10.9 Å². The second-order valence-corrected chi connectivity index (χ2v) is 7.85. The Bertz CT molecular complexity index is 819. The molecule has 0 fully saturated rings. The van der Waals surface area contributed by atoms with Crippen molar-refractivity contribution in [3.8, 4) is 0 Å². The summed E-state index contributed by atoms with van der Waals surface area (Å²) >= 11 is 6.66. The molecule has 24 heavy (non-hydrogen) atoms. The number of thioether (sulfide) groups is 1. The first-order valence-corrected chi connectivity index (χ1v) is 9.98. The van der Waals surface area contributed by atoms with E-state index in [0.717, 1.165) is 21.6 Å². The van der Waals surface area contributed by atoms with E-state index in [4.69, 9.17) is 0 Å². The fourth-order valence-electron chi connectivity index (χ4n) is 2.16. The monoisotopic (exact) mass is 418 g/mol. The van der Waals surface area contributed by atoms with Crippen molar-refractivity contribution in [3.63, 3.8) is 0 Å². The van der Waals surface area contributed by atoms with Crippen molar-refractivity contribution < 1.29 is 4.79 Å². The molecule has 2 aromatic carbocycles. The van der Waals surface area contributed by atoms with Gasteiger partial charge in [-0.25, -0.2) is 4.98 Å². The van der Waals surface area contributed by atoms with Crippen LogP contribution < -0.4 is 4.90 Å². The first kappa shape index (κ1) is 17.2. The van der Waals surface area contributed by atoms with E-state index in [1.807, 2.05) is 47.8 Å². The van der Waals surface area contributed by atoms with Gasteiger partial charge in [0, 0.05) is 27.4 Å². The molecule has 0 aliphatic carbocycles. The van der Waals surface area contributed by atoms with Gasteiger partial charge in [-0.3, -0.25) is 9.69 Å². The fourth-order valence-corrected chi connectivity index (χ4v) is 4.20. The quantitative estimate of drug-likeness (QED) is 0.484. The van der Waals surface area contributed by atoms with Crippen molar-refractivity contribution in [2.24, 2.45) is 0 Å². The molecule has 0 bridgehead atoms. The summed E-state index contributed by atoms with van der Waals surface area (Å²) in [6, 6.07) is 17.8. The summed E-state index contributed by atoms with van der Waals surface area (Å²) in [5.74, 6) is 0.737. The Morgan fingerprint density at radius 1 is 1.17 bits per heavy atom. The maximum absolute atomic E-state index is 12.0. The van der Waals surface area contributed by atoms with E-state index in [1.165, 1.54) is 16.2 Å². The lowest BCUT2D eigenvalue weighted by atomic mass is 10.3. The van der Waals surface area contributed by atoms with Crippen LogP contribution in [0.25, 0.3) is 0 Å². The zero-order chi connectivity index (χ0) is 16.9. The number of carbonyl (C=O) groups is 1. The van der Waals surface area contributed by atoms with E-state index in [1.54, 1.807) is 23.6 Å². The Morgan fingerprint density at radius 2 is 1.88 bits per heavy atom. The van der Waals surface area contributed by atoms with Crippen molar-refractivity contribution in [3.05, 3.63) is 70.1 Å². The van der Waals surface area contributed by atoms with Crippen molar-refractivity contribution in [1.29, 1.82) is 0 Å². The number of nitrogens with zero attached hydrogens (tertiary/aromatic N) is 2. The van der Waals surface area contributed by atoms with Crippen LogP contribution in [0.2, 0.25) is 0 Å². The lowest BCUT2D eigenvalue weighted by Gasteiger charge is -2.17. The van der Waals surface area contributed by atoms with Gasteiger partial charge >= 0.3 is 0 Å². The number of para-hydroxylation sites is 1. The minimum absolute atomic E-state index is 0.0392. The normalized spacial score (nSPS) is 10.6. The van der Waals surface area contributed by atoms with Gasteiger partial charge in [0.2, 0.25) is 5.91 Å². The first-order valence-electron chi connectivity index (χ1n) is 7.32. The number of anilines is 2. The average Bonchev–Trinajstić information content (AvgIpc) is 3.03. The van der Waals surface area contributed by atoms with Gasteiger partial charge in [0.05, 0.1) is 11.4 Å². The highest BCUT2D eigenvalue weighted by atomic mass is 79.9. The molecule has 0 radical (unpaired) electrons. The molecule has 0 unspecified atom stereocenters. The van der Waals surface area contributed by atoms with Gasteiger partial charge in [-0.2, -0.15) is 0 Å². The van der Waals surface area contributed by atoms with Crippen molar-refractivity contribution >= 4 is 55.8 Å². The SMILES string of the molecule is CC(=O)N(c1ccccc1)c1nc(CSc2ccc(Br)cc2)cs1. The number of hydrogen-bond acceptors (Lipinski definition) is 4. The highest BCUT2D eigenvalue weighted by Crippen LogP contribution is 2.31. The maximum Gasteiger partial charge on any atom is 0.230 e. The van der Waals surface area contributed by atoms with Gasteiger partial charge in [0.25, 0.3) is 0 Å². The van der Waals surface area contributed by atoms with Crippen LogP contribution in [0, 0.1) is 0 Å². The van der Waals surface area contributed by atoms with Crippen LogP contribution in [0.5, 0.6) is 0 Å². The molecule has 0 spiro atoms. The summed E-state index contributed by atoms with van der Waals surface area (Å²) in [5.41, 5.74) is 1.82. The van der Waals surface area contributed by atoms with Gasteiger partial charge in [0.1, 0.15) is 0 Å². The minimum Gasteiger partial charge on any atom is -0.274 e. The molecule has 0 atom stereocenters. The molecular weight excluding hydrogens is 404 g/mol. The molecule has 6 heteroatoms. The zero-order valence-electron chi connectivity index (χ0n) is 13.0. The summed E-state index contributed by atoms with van der Waals surface area (Å²) in [6.07, 6.45) is 0. The Balaban J connectivity index is 1.74. The smallest absolute Gasteiger partial charge is 0.230 e. The summed E-state index contributed by atoms with van der Waals surface area (Å²) < 4.78 is 1.07. The number of carbonyl (C=O) groups excluding carboxylic acids is 1. The Hall–Kier alpha value is -1.63. The number of aromatic nitrogens is 1. The minimum atomic E-state index is -0.0392. The average molecular weight is 419 g/mol. The first-order chi connectivity index (χ1) is 11.6. The highest BCUT2D eigenvalue weighted by molar-refractivity contribution is 9.10. The number of rotatable bonds is 5. The van der Waals surface area contributed by atoms with E-state index in [-0.39, 0.29) is 5.91 Å². The number of thiazole rings is 1. The van der Waals surface area contributed by atoms with E-state index in [0.29, 0.717) is 5.13 Å². The molecule has 0 aliphatic rings. The third-order valence-corrected chi connectivity index (χ3v) is 5.71. The van der Waals surface area contributed by atoms with E-state index in [9.17, 15) is 4.79 Å². The molecule has 0 aliphatic heterocycles. The predicted molar refractivity (Wildman–Crippen MR) is 105 cm³/mol. The molecular formula is C18H15BrN2OS2. The lowest BCUT2D eigenvalue weighted by Crippen LogP contribution is -2.22. The molecule has 1 aromatic heterocycles. The van der Waals surface area contributed by atoms with Crippen LogP contribution >= 0.6 is 39.0 Å². The zero-order valence-corrected chi connectivity index (χ0v) is 16.2. The summed E-state index contributed by atoms with van der Waals surface area (Å²) in [7, 11) is 0. The van der Waals surface area contributed by atoms with Gasteiger partial charge in [-0.1, -0.05) is 34.1 Å². The third-order valence-electron chi connectivity index (χ3n) is 3.26. The molecule has 3 nitrogen and oxygen atoms in total. The number of halogens is 1. The van der Waals surface area contributed by atoms with Crippen LogP contribution in [0.1, 0.15) is 12.6 Å². The topological polar surface area (TPSA) is 33.2 Å². The fraction of sp³-hybridized carbons (Fsp3) is 0.111. The van der Waals surface area contributed by atoms with E-state index < -0.39 is 0 Å². The largest absolute Gasteiger partial charge is 0.274 e. The predicted octanol–water partition coefficient (Wildman–Crippen LogP) is 5.88. The van der Waals surface area contributed by atoms with Crippen molar-refractivity contribution in [2.75, 3.05) is 4.90 Å². The summed E-state index contributed by atoms with van der Waals surface area (Å²) in [4.78, 5) is 19.5. The molecule has 3 rings (SSSR count). The Kier molecular flexibility index (Phi) is 5.71. The van der Waals surface area contributed by atoms with Gasteiger partial charge in [0.15, 0.2) is 5.13 Å². The van der Waals surface area contributed by atoms with Gasteiger partial charge < -0.3 is 0 Å². The summed E-state index contributed by atoms with van der Waals surface area (Å²) in [5, 5.41) is 2.72. The van der Waals surface area contributed by atoms with Crippen molar-refractivity contribution in [2.45, 2.75) is 17.6 Å². The van der Waals surface area contributed by atoms with Crippen LogP contribution in [-0.2, 0) is 10.5 Å². The van der Waals surface area contributed by atoms with Gasteiger partial charge in [-0.05, 0) is 36.4 Å². The molecule has 0 saturated carbocycles. The molecule has 1 amide bonds. The Labute approximate surface area is 157 Å². The summed E-state index contributed by atoms with van der Waals surface area (Å²) in [6.45, 7) is 1.56. The number of amides is 1. The Morgan fingerprint density at radius 3 is 2.54 bits per heavy atom. The van der Waals surface area contributed by atoms with Crippen LogP contribution in [0.4, 0.5) is 10.8 Å². The molecule has 1 heterocycles. The second kappa shape index (κ2) is 7.96. The molecule has 0 saturated heterocycles. The van der Waals surface area contributed by atoms with E-state index in [2.05, 4.69) is 33.0 Å². The van der Waals surface area contributed by atoms with Crippen LogP contribution in [0.15, 0.2) is 69.3 Å². The second-order valence-electron chi connectivity index (χ2n) is 5.05. The number of benzene rings is 2. The standard InChI is InChI=1S/C18H15BrN2OS2/c1-13(22)21(16-5-3-2-4-6-16)18-20-15(12-24-18)11-23-17-9-7-14(19)8-10-17/h2-10,12H,11H2,1H3. The van der Waals surface area contributed by atoms with Crippen LogP contribution in [0.3, 0.4) is 0 Å². The molecule has 122 valence electrons. The van der Waals surface area contributed by atoms with Crippen molar-refractivity contribution in [1.82, 2.24) is 4.98 Å². The maximum atomic E-state index is 12.0. The van der Waals surface area contributed by atoms with Gasteiger partial charge in [-0.15, -0.1) is 23.1 Å². The highest BCUT2D eigenvalue weighted by Gasteiger charge is 2.17. The number of hydrogen-bond donors (Lipinski definition) is 0. The molecule has 3 aromatic rings. The third kappa shape index (κ3) is 4.26. The lowest BCUT2D eigenvalue weighted by molar-refractivity contribution is -0.115. The molecule has 0 N–H and O–H groups in total. The van der Waals surface area contributed by atoms with E-state index >= 15 is 0 Å².